The topological polar surface area (TPSA) is 70.2 Å². The molecule has 0 fully saturated rings. The van der Waals surface area contributed by atoms with Gasteiger partial charge in [0.15, 0.2) is 5.11 Å². The van der Waals surface area contributed by atoms with E-state index in [-0.39, 0.29) is 4.90 Å². The van der Waals surface area contributed by atoms with E-state index in [0.29, 0.717) is 23.8 Å². The largest absolute Gasteiger partial charge is 0.332 e. The molecule has 3 N–H and O–H groups in total. The quantitative estimate of drug-likeness (QED) is 0.513. The zero-order valence-electron chi connectivity index (χ0n) is 15.1. The van der Waals surface area contributed by atoms with E-state index < -0.39 is 10.0 Å². The lowest BCUT2D eigenvalue weighted by Gasteiger charge is -2.11. The molecule has 5 nitrogen and oxygen atoms in total. The van der Waals surface area contributed by atoms with Crippen LogP contribution in [-0.4, -0.2) is 20.1 Å². The molecule has 0 spiro atoms. The fourth-order valence-corrected chi connectivity index (χ4v) is 3.86. The first kappa shape index (κ1) is 20.0. The molecule has 28 heavy (non-hydrogen) atoms. The second-order valence-corrected chi connectivity index (χ2v) is 8.28. The first-order valence-corrected chi connectivity index (χ1v) is 10.7. The lowest BCUT2D eigenvalue weighted by atomic mass is 10.2. The first-order valence-electron chi connectivity index (χ1n) is 8.80. The summed E-state index contributed by atoms with van der Waals surface area (Å²) in [5.74, 6) is 0. The van der Waals surface area contributed by atoms with Gasteiger partial charge in [-0.25, -0.2) is 13.1 Å². The number of sulfonamides is 1. The molecule has 0 aliphatic carbocycles. The fourth-order valence-electron chi connectivity index (χ4n) is 2.59. The van der Waals surface area contributed by atoms with Crippen LogP contribution in [0.4, 0.5) is 11.4 Å². The van der Waals surface area contributed by atoms with E-state index in [1.807, 2.05) is 60.7 Å². The van der Waals surface area contributed by atoms with Crippen LogP contribution in [0.5, 0.6) is 0 Å². The molecule has 7 heteroatoms. The highest BCUT2D eigenvalue weighted by Gasteiger charge is 2.13. The predicted octanol–water partition coefficient (Wildman–Crippen LogP) is 4.02. The zero-order valence-corrected chi connectivity index (χ0v) is 16.8. The van der Waals surface area contributed by atoms with E-state index in [9.17, 15) is 8.42 Å². The van der Waals surface area contributed by atoms with Crippen LogP contribution in [0, 0.1) is 0 Å². The number of thiocarbonyl (C=S) groups is 1. The van der Waals surface area contributed by atoms with Crippen molar-refractivity contribution in [3.63, 3.8) is 0 Å². The van der Waals surface area contributed by atoms with Gasteiger partial charge in [-0.2, -0.15) is 0 Å². The van der Waals surface area contributed by atoms with Gasteiger partial charge in [0.1, 0.15) is 0 Å². The summed E-state index contributed by atoms with van der Waals surface area (Å²) in [6.45, 7) is 0.345. The van der Waals surface area contributed by atoms with Crippen LogP contribution in [-0.2, 0) is 16.4 Å². The molecular formula is C21H21N3O2S2. The van der Waals surface area contributed by atoms with Gasteiger partial charge in [0.25, 0.3) is 0 Å². The van der Waals surface area contributed by atoms with Gasteiger partial charge in [-0.05, 0) is 60.6 Å². The summed E-state index contributed by atoms with van der Waals surface area (Å²) in [5.41, 5.74) is 2.67. The summed E-state index contributed by atoms with van der Waals surface area (Å²) in [6, 6.07) is 25.8. The smallest absolute Gasteiger partial charge is 0.240 e. The second-order valence-electron chi connectivity index (χ2n) is 6.10. The molecule has 0 bridgehead atoms. The maximum Gasteiger partial charge on any atom is 0.240 e. The van der Waals surface area contributed by atoms with Gasteiger partial charge in [-0.15, -0.1) is 0 Å². The van der Waals surface area contributed by atoms with Crippen molar-refractivity contribution in [1.82, 2.24) is 4.72 Å². The van der Waals surface area contributed by atoms with Gasteiger partial charge in [0, 0.05) is 17.9 Å². The number of nitrogens with one attached hydrogen (secondary N) is 3. The maximum absolute atomic E-state index is 12.4. The number of anilines is 2. The standard InChI is InChI=1S/C21H21N3O2S2/c25-28(26,22-16-15-17-7-3-1-4-8-17)20-13-11-19(12-14-20)24-21(27)23-18-9-5-2-6-10-18/h1-14,22H,15-16H2,(H2,23,24,27). The summed E-state index contributed by atoms with van der Waals surface area (Å²) in [5, 5.41) is 6.54. The average Bonchev–Trinajstić information content (AvgIpc) is 2.70. The Morgan fingerprint density at radius 1 is 0.750 bits per heavy atom. The van der Waals surface area contributed by atoms with Gasteiger partial charge in [0.2, 0.25) is 10.0 Å². The van der Waals surface area contributed by atoms with Crippen molar-refractivity contribution in [1.29, 1.82) is 0 Å². The van der Waals surface area contributed by atoms with Crippen LogP contribution in [0.25, 0.3) is 0 Å². The van der Waals surface area contributed by atoms with Crippen molar-refractivity contribution in [2.45, 2.75) is 11.3 Å². The van der Waals surface area contributed by atoms with Crippen molar-refractivity contribution in [3.8, 4) is 0 Å². The number of hydrogen-bond acceptors (Lipinski definition) is 3. The van der Waals surface area contributed by atoms with E-state index in [2.05, 4.69) is 15.4 Å². The molecule has 0 unspecified atom stereocenters. The predicted molar refractivity (Wildman–Crippen MR) is 118 cm³/mol. The van der Waals surface area contributed by atoms with Crippen molar-refractivity contribution >= 4 is 38.7 Å². The lowest BCUT2D eigenvalue weighted by molar-refractivity contribution is 0.581. The minimum atomic E-state index is -3.55. The summed E-state index contributed by atoms with van der Waals surface area (Å²) in [7, 11) is -3.55. The maximum atomic E-state index is 12.4. The average molecular weight is 412 g/mol. The van der Waals surface area contributed by atoms with Crippen molar-refractivity contribution in [2.24, 2.45) is 0 Å². The van der Waals surface area contributed by atoms with E-state index in [1.54, 1.807) is 24.3 Å². The molecule has 0 aliphatic rings. The van der Waals surface area contributed by atoms with E-state index >= 15 is 0 Å². The number of para-hydroxylation sites is 1. The molecule has 0 aromatic heterocycles. The zero-order chi connectivity index (χ0) is 19.8. The lowest BCUT2D eigenvalue weighted by Crippen LogP contribution is -2.26. The molecule has 3 rings (SSSR count). The Morgan fingerprint density at radius 2 is 1.29 bits per heavy atom. The van der Waals surface area contributed by atoms with Crippen LogP contribution in [0.2, 0.25) is 0 Å². The Labute approximate surface area is 170 Å². The Kier molecular flexibility index (Phi) is 6.76. The minimum Gasteiger partial charge on any atom is -0.332 e. The summed E-state index contributed by atoms with van der Waals surface area (Å²) >= 11 is 5.28. The highest BCUT2D eigenvalue weighted by atomic mass is 32.2. The van der Waals surface area contributed by atoms with Gasteiger partial charge >= 0.3 is 0 Å². The highest BCUT2D eigenvalue weighted by Crippen LogP contribution is 2.15. The molecule has 3 aromatic rings. The van der Waals surface area contributed by atoms with Gasteiger partial charge in [-0.3, -0.25) is 0 Å². The number of rotatable bonds is 7. The third-order valence-corrected chi connectivity index (χ3v) is 5.68. The van der Waals surface area contributed by atoms with Gasteiger partial charge in [-0.1, -0.05) is 48.5 Å². The van der Waals surface area contributed by atoms with Crippen LogP contribution < -0.4 is 15.4 Å². The van der Waals surface area contributed by atoms with Crippen LogP contribution in [0.3, 0.4) is 0 Å². The molecule has 0 radical (unpaired) electrons. The van der Waals surface area contributed by atoms with E-state index in [1.165, 1.54) is 0 Å². The van der Waals surface area contributed by atoms with Crippen LogP contribution in [0.15, 0.2) is 89.8 Å². The SMILES string of the molecule is O=S(=O)(NCCc1ccccc1)c1ccc(NC(=S)Nc2ccccc2)cc1. The third-order valence-electron chi connectivity index (χ3n) is 4.00. The van der Waals surface area contributed by atoms with Crippen molar-refractivity contribution in [3.05, 3.63) is 90.5 Å². The molecule has 0 heterocycles. The number of benzene rings is 3. The normalized spacial score (nSPS) is 11.0. The third kappa shape index (κ3) is 5.88. The molecule has 3 aromatic carbocycles. The van der Waals surface area contributed by atoms with Crippen LogP contribution in [0.1, 0.15) is 5.56 Å². The van der Waals surface area contributed by atoms with Crippen LogP contribution >= 0.6 is 12.2 Å². The monoisotopic (exact) mass is 411 g/mol. The molecule has 0 saturated heterocycles. The van der Waals surface area contributed by atoms with Crippen molar-refractivity contribution < 1.29 is 8.42 Å². The number of hydrogen-bond donors (Lipinski definition) is 3. The molecule has 0 atom stereocenters. The molecule has 0 aliphatic heterocycles. The van der Waals surface area contributed by atoms with Gasteiger partial charge < -0.3 is 10.6 Å². The highest BCUT2D eigenvalue weighted by molar-refractivity contribution is 7.89. The van der Waals surface area contributed by atoms with E-state index in [0.717, 1.165) is 11.3 Å². The first-order chi connectivity index (χ1) is 13.5. The van der Waals surface area contributed by atoms with Gasteiger partial charge in [0.05, 0.1) is 4.90 Å². The second kappa shape index (κ2) is 9.45. The Morgan fingerprint density at radius 3 is 1.89 bits per heavy atom. The fraction of sp³-hybridized carbons (Fsp3) is 0.0952. The summed E-state index contributed by atoms with van der Waals surface area (Å²) in [4.78, 5) is 0.216. The molecular weight excluding hydrogens is 390 g/mol. The molecule has 144 valence electrons. The Bertz CT molecular complexity index is 1010. The van der Waals surface area contributed by atoms with E-state index in [4.69, 9.17) is 12.2 Å². The van der Waals surface area contributed by atoms with Crippen molar-refractivity contribution in [2.75, 3.05) is 17.2 Å². The Hall–Kier alpha value is -2.74. The minimum absolute atomic E-state index is 0.216. The molecule has 0 amide bonds. The molecule has 0 saturated carbocycles. The Balaban J connectivity index is 1.54. The summed E-state index contributed by atoms with van der Waals surface area (Å²) in [6.07, 6.45) is 0.638. The summed E-state index contributed by atoms with van der Waals surface area (Å²) < 4.78 is 27.5.